The van der Waals surface area contributed by atoms with Gasteiger partial charge in [0.1, 0.15) is 5.01 Å². The fourth-order valence-corrected chi connectivity index (χ4v) is 3.68. The van der Waals surface area contributed by atoms with Crippen LogP contribution in [0.3, 0.4) is 0 Å². The van der Waals surface area contributed by atoms with Crippen molar-refractivity contribution in [1.29, 1.82) is 0 Å². The summed E-state index contributed by atoms with van der Waals surface area (Å²) < 4.78 is 0. The monoisotopic (exact) mass is 385 g/mol. The van der Waals surface area contributed by atoms with Gasteiger partial charge in [-0.2, -0.15) is 0 Å². The van der Waals surface area contributed by atoms with Gasteiger partial charge in [-0.1, -0.05) is 60.7 Å². The van der Waals surface area contributed by atoms with Crippen LogP contribution < -0.4 is 10.6 Å². The topological polar surface area (TPSA) is 54.0 Å². The Balaban J connectivity index is 1.44. The number of urea groups is 1. The molecule has 138 valence electrons. The fraction of sp³-hybridized carbons (Fsp3) is 0.0435. The zero-order valence-corrected chi connectivity index (χ0v) is 16.2. The molecule has 4 nitrogen and oxygen atoms in total. The van der Waals surface area contributed by atoms with E-state index < -0.39 is 0 Å². The second-order valence-electron chi connectivity index (χ2n) is 6.38. The summed E-state index contributed by atoms with van der Waals surface area (Å²) >= 11 is 1.62. The number of para-hydroxylation sites is 1. The Kier molecular flexibility index (Phi) is 5.17. The van der Waals surface area contributed by atoms with E-state index in [0.717, 1.165) is 38.8 Å². The molecule has 0 aliphatic heterocycles. The van der Waals surface area contributed by atoms with Gasteiger partial charge in [0.05, 0.1) is 5.69 Å². The molecule has 0 spiro atoms. The van der Waals surface area contributed by atoms with Gasteiger partial charge in [-0.15, -0.1) is 11.3 Å². The van der Waals surface area contributed by atoms with Gasteiger partial charge >= 0.3 is 6.03 Å². The molecule has 2 N–H and O–H groups in total. The number of aryl methyl sites for hydroxylation is 1. The lowest BCUT2D eigenvalue weighted by atomic mass is 10.1. The summed E-state index contributed by atoms with van der Waals surface area (Å²) in [5, 5.41) is 8.77. The molecule has 0 radical (unpaired) electrons. The smallest absolute Gasteiger partial charge is 0.308 e. The number of carbonyl (C=O) groups excluding carboxylic acids is 1. The van der Waals surface area contributed by atoms with Crippen molar-refractivity contribution in [1.82, 2.24) is 4.98 Å². The number of aromatic nitrogens is 1. The number of nitrogens with one attached hydrogen (secondary N) is 2. The number of hydrogen-bond donors (Lipinski definition) is 2. The minimum atomic E-state index is -0.262. The van der Waals surface area contributed by atoms with Crippen LogP contribution in [0.4, 0.5) is 16.2 Å². The molecule has 4 rings (SSSR count). The van der Waals surface area contributed by atoms with Crippen molar-refractivity contribution in [2.75, 3.05) is 10.6 Å². The second kappa shape index (κ2) is 8.06. The Morgan fingerprint density at radius 3 is 2.29 bits per heavy atom. The minimum absolute atomic E-state index is 0.262. The third-order valence-corrected chi connectivity index (χ3v) is 5.25. The Hall–Kier alpha value is -3.44. The summed E-state index contributed by atoms with van der Waals surface area (Å²) in [5.74, 6) is 0. The molecule has 0 aliphatic rings. The predicted octanol–water partition coefficient (Wildman–Crippen LogP) is 6.43. The van der Waals surface area contributed by atoms with Crippen LogP contribution >= 0.6 is 11.3 Å². The van der Waals surface area contributed by atoms with Gasteiger partial charge in [-0.25, -0.2) is 9.78 Å². The summed E-state index contributed by atoms with van der Waals surface area (Å²) in [6.07, 6.45) is 0. The van der Waals surface area contributed by atoms with E-state index in [9.17, 15) is 4.79 Å². The largest absolute Gasteiger partial charge is 0.323 e. The summed E-state index contributed by atoms with van der Waals surface area (Å²) in [4.78, 5) is 16.9. The summed E-state index contributed by atoms with van der Waals surface area (Å²) in [6, 6.07) is 25.3. The van der Waals surface area contributed by atoms with Crippen LogP contribution in [0.15, 0.2) is 84.2 Å². The van der Waals surface area contributed by atoms with Gasteiger partial charge in [0.2, 0.25) is 0 Å². The Morgan fingerprint density at radius 2 is 1.54 bits per heavy atom. The van der Waals surface area contributed by atoms with Gasteiger partial charge in [-0.3, -0.25) is 0 Å². The van der Waals surface area contributed by atoms with Crippen LogP contribution in [0.5, 0.6) is 0 Å². The van der Waals surface area contributed by atoms with Crippen LogP contribution in [0.1, 0.15) is 5.56 Å². The lowest BCUT2D eigenvalue weighted by Gasteiger charge is -2.10. The highest BCUT2D eigenvalue weighted by atomic mass is 32.1. The van der Waals surface area contributed by atoms with Crippen LogP contribution in [0, 0.1) is 6.92 Å². The van der Waals surface area contributed by atoms with E-state index in [-0.39, 0.29) is 6.03 Å². The summed E-state index contributed by atoms with van der Waals surface area (Å²) in [6.45, 7) is 1.96. The molecule has 5 heteroatoms. The van der Waals surface area contributed by atoms with Crippen molar-refractivity contribution < 1.29 is 4.79 Å². The van der Waals surface area contributed by atoms with Crippen molar-refractivity contribution in [3.63, 3.8) is 0 Å². The van der Waals surface area contributed by atoms with E-state index in [1.807, 2.05) is 73.7 Å². The van der Waals surface area contributed by atoms with Crippen molar-refractivity contribution in [2.45, 2.75) is 6.92 Å². The first-order chi connectivity index (χ1) is 13.7. The number of carbonyl (C=O) groups is 1. The van der Waals surface area contributed by atoms with E-state index in [1.54, 1.807) is 11.3 Å². The molecule has 0 bridgehead atoms. The first-order valence-electron chi connectivity index (χ1n) is 8.94. The number of nitrogens with zero attached hydrogens (tertiary/aromatic N) is 1. The Labute approximate surface area is 167 Å². The van der Waals surface area contributed by atoms with Gasteiger partial charge in [0, 0.05) is 27.9 Å². The van der Waals surface area contributed by atoms with E-state index >= 15 is 0 Å². The molecule has 0 aliphatic carbocycles. The average Bonchev–Trinajstić information content (AvgIpc) is 3.21. The quantitative estimate of drug-likeness (QED) is 0.425. The molecule has 0 atom stereocenters. The zero-order valence-electron chi connectivity index (χ0n) is 15.3. The minimum Gasteiger partial charge on any atom is -0.308 e. The molecule has 0 fully saturated rings. The number of benzene rings is 3. The van der Waals surface area contributed by atoms with Crippen molar-refractivity contribution in [3.8, 4) is 21.8 Å². The molecule has 28 heavy (non-hydrogen) atoms. The van der Waals surface area contributed by atoms with E-state index in [4.69, 9.17) is 4.98 Å². The normalized spacial score (nSPS) is 10.5. The molecule has 0 saturated carbocycles. The molecule has 0 unspecified atom stereocenters. The second-order valence-corrected chi connectivity index (χ2v) is 7.23. The van der Waals surface area contributed by atoms with Gasteiger partial charge in [0.15, 0.2) is 0 Å². The van der Waals surface area contributed by atoms with Crippen LogP contribution in [-0.2, 0) is 0 Å². The third kappa shape index (κ3) is 4.10. The van der Waals surface area contributed by atoms with Crippen LogP contribution in [0.2, 0.25) is 0 Å². The number of hydrogen-bond acceptors (Lipinski definition) is 3. The van der Waals surface area contributed by atoms with Gasteiger partial charge in [0.25, 0.3) is 0 Å². The van der Waals surface area contributed by atoms with E-state index in [0.29, 0.717) is 0 Å². The van der Waals surface area contributed by atoms with Crippen molar-refractivity contribution in [2.24, 2.45) is 0 Å². The van der Waals surface area contributed by atoms with E-state index in [1.165, 1.54) is 0 Å². The van der Waals surface area contributed by atoms with Crippen molar-refractivity contribution >= 4 is 28.7 Å². The standard InChI is InChI=1S/C23H19N3OS/c1-16-7-5-6-10-20(16)26-23(27)24-19-13-11-17(12-14-19)21-15-28-22(25-21)18-8-3-2-4-9-18/h2-15H,1H3,(H2,24,26,27). The fourth-order valence-electron chi connectivity index (χ4n) is 2.84. The highest BCUT2D eigenvalue weighted by Gasteiger charge is 2.08. The summed E-state index contributed by atoms with van der Waals surface area (Å²) in [7, 11) is 0. The average molecular weight is 385 g/mol. The molecular weight excluding hydrogens is 366 g/mol. The van der Waals surface area contributed by atoms with Gasteiger partial charge in [-0.05, 0) is 30.7 Å². The first-order valence-corrected chi connectivity index (χ1v) is 9.82. The van der Waals surface area contributed by atoms with E-state index in [2.05, 4.69) is 28.1 Å². The number of anilines is 2. The van der Waals surface area contributed by atoms with Crippen molar-refractivity contribution in [3.05, 3.63) is 89.8 Å². The number of amides is 2. The molecule has 0 saturated heterocycles. The molecule has 3 aromatic carbocycles. The van der Waals surface area contributed by atoms with Crippen LogP contribution in [0.25, 0.3) is 21.8 Å². The predicted molar refractivity (Wildman–Crippen MR) is 117 cm³/mol. The maximum atomic E-state index is 12.2. The molecule has 1 aromatic heterocycles. The molecule has 1 heterocycles. The Bertz CT molecular complexity index is 1090. The lowest BCUT2D eigenvalue weighted by Crippen LogP contribution is -2.19. The first kappa shape index (κ1) is 17.9. The van der Waals surface area contributed by atoms with Crippen LogP contribution in [-0.4, -0.2) is 11.0 Å². The molecular formula is C23H19N3OS. The SMILES string of the molecule is Cc1ccccc1NC(=O)Nc1ccc(-c2csc(-c3ccccc3)n2)cc1. The Morgan fingerprint density at radius 1 is 0.821 bits per heavy atom. The maximum Gasteiger partial charge on any atom is 0.323 e. The zero-order chi connectivity index (χ0) is 19.3. The third-order valence-electron chi connectivity index (χ3n) is 4.36. The van der Waals surface area contributed by atoms with Gasteiger partial charge < -0.3 is 10.6 Å². The highest BCUT2D eigenvalue weighted by Crippen LogP contribution is 2.29. The highest BCUT2D eigenvalue weighted by molar-refractivity contribution is 7.13. The number of rotatable bonds is 4. The molecule has 2 amide bonds. The maximum absolute atomic E-state index is 12.2. The molecule has 4 aromatic rings. The lowest BCUT2D eigenvalue weighted by molar-refractivity contribution is 0.262. The number of thiazole rings is 1. The summed E-state index contributed by atoms with van der Waals surface area (Å²) in [5.41, 5.74) is 5.61.